The van der Waals surface area contributed by atoms with Gasteiger partial charge in [0.15, 0.2) is 5.65 Å². The Kier molecular flexibility index (Phi) is 3.42. The Bertz CT molecular complexity index is 1000. The molecular formula is C16H14FN7. The summed E-state index contributed by atoms with van der Waals surface area (Å²) in [5, 5.41) is 10.7. The van der Waals surface area contributed by atoms with Gasteiger partial charge in [0.1, 0.15) is 23.8 Å². The molecule has 4 rings (SSSR count). The average molecular weight is 323 g/mol. The number of nitrogens with zero attached hydrogens (tertiary/aromatic N) is 5. The van der Waals surface area contributed by atoms with Crippen LogP contribution >= 0.6 is 0 Å². The van der Waals surface area contributed by atoms with E-state index in [-0.39, 0.29) is 5.82 Å². The molecule has 3 heterocycles. The van der Waals surface area contributed by atoms with Crippen LogP contribution < -0.4 is 5.32 Å². The maximum Gasteiger partial charge on any atom is 0.160 e. The highest BCUT2D eigenvalue weighted by atomic mass is 19.1. The van der Waals surface area contributed by atoms with E-state index in [0.29, 0.717) is 23.7 Å². The molecule has 0 saturated heterocycles. The number of fused-ring (bicyclic) bond motifs is 1. The van der Waals surface area contributed by atoms with E-state index in [1.54, 1.807) is 29.2 Å². The second-order valence-electron chi connectivity index (χ2n) is 5.34. The van der Waals surface area contributed by atoms with Crippen LogP contribution in [0.4, 0.5) is 10.2 Å². The minimum absolute atomic E-state index is 0.299. The van der Waals surface area contributed by atoms with Gasteiger partial charge in [-0.2, -0.15) is 5.10 Å². The predicted octanol–water partition coefficient (Wildman–Crippen LogP) is 2.60. The largest absolute Gasteiger partial charge is 0.365 e. The Morgan fingerprint density at radius 1 is 1.25 bits per heavy atom. The zero-order chi connectivity index (χ0) is 16.5. The van der Waals surface area contributed by atoms with Crippen molar-refractivity contribution in [3.05, 3.63) is 60.3 Å². The van der Waals surface area contributed by atoms with Gasteiger partial charge in [0, 0.05) is 18.9 Å². The van der Waals surface area contributed by atoms with Crippen molar-refractivity contribution in [3.63, 3.8) is 0 Å². The number of H-pyrrole nitrogens is 1. The summed E-state index contributed by atoms with van der Waals surface area (Å²) in [4.78, 5) is 12.4. The van der Waals surface area contributed by atoms with Crippen molar-refractivity contribution in [1.82, 2.24) is 29.7 Å². The van der Waals surface area contributed by atoms with Crippen molar-refractivity contribution in [2.75, 3.05) is 5.32 Å². The van der Waals surface area contributed by atoms with Gasteiger partial charge in [-0.05, 0) is 24.6 Å². The molecular weight excluding hydrogens is 309 g/mol. The van der Waals surface area contributed by atoms with E-state index < -0.39 is 0 Å². The fraction of sp³-hybridized carbons (Fsp3) is 0.125. The fourth-order valence-corrected chi connectivity index (χ4v) is 2.58. The molecule has 0 aliphatic rings. The van der Waals surface area contributed by atoms with Gasteiger partial charge in [0.05, 0.1) is 17.3 Å². The van der Waals surface area contributed by atoms with Gasteiger partial charge in [-0.25, -0.2) is 19.3 Å². The lowest BCUT2D eigenvalue weighted by atomic mass is 10.2. The van der Waals surface area contributed by atoms with E-state index in [4.69, 9.17) is 0 Å². The quantitative estimate of drug-likeness (QED) is 0.603. The molecule has 0 spiro atoms. The molecule has 0 unspecified atom stereocenters. The number of rotatable bonds is 4. The van der Waals surface area contributed by atoms with Crippen LogP contribution in [-0.2, 0) is 6.54 Å². The van der Waals surface area contributed by atoms with Crippen LogP contribution in [0.25, 0.3) is 16.7 Å². The highest BCUT2D eigenvalue weighted by molar-refractivity contribution is 5.85. The minimum Gasteiger partial charge on any atom is -0.365 e. The van der Waals surface area contributed by atoms with Crippen molar-refractivity contribution in [2.24, 2.45) is 0 Å². The average Bonchev–Trinajstić information content (AvgIpc) is 3.22. The van der Waals surface area contributed by atoms with E-state index in [9.17, 15) is 4.39 Å². The third kappa shape index (κ3) is 2.47. The van der Waals surface area contributed by atoms with Crippen molar-refractivity contribution < 1.29 is 4.39 Å². The summed E-state index contributed by atoms with van der Waals surface area (Å²) in [6, 6.07) is 5.13. The Hall–Kier alpha value is -3.29. The Morgan fingerprint density at radius 2 is 2.17 bits per heavy atom. The van der Waals surface area contributed by atoms with Crippen molar-refractivity contribution in [3.8, 4) is 5.69 Å². The molecule has 7 nitrogen and oxygen atoms in total. The number of aromatic nitrogens is 6. The molecule has 4 aromatic rings. The number of hydrogen-bond acceptors (Lipinski definition) is 5. The Labute approximate surface area is 136 Å². The van der Waals surface area contributed by atoms with Gasteiger partial charge in [-0.1, -0.05) is 6.07 Å². The molecule has 0 aliphatic heterocycles. The number of anilines is 1. The molecule has 0 saturated carbocycles. The normalized spacial score (nSPS) is 11.1. The molecule has 120 valence electrons. The molecule has 3 aromatic heterocycles. The summed E-state index contributed by atoms with van der Waals surface area (Å²) in [5.74, 6) is 1.10. The maximum atomic E-state index is 14.4. The zero-order valence-corrected chi connectivity index (χ0v) is 12.9. The smallest absolute Gasteiger partial charge is 0.160 e. The Morgan fingerprint density at radius 3 is 2.96 bits per heavy atom. The molecule has 8 heteroatoms. The standard InChI is InChI=1S/C16H14FN7/c1-10-18-4-5-24(10)14-3-2-11(6-13(14)17)7-19-15-12-8-22-23-16(12)21-9-20-15/h2-6,8-9H,7H2,1H3,(H2,19,20,21,22,23). The zero-order valence-electron chi connectivity index (χ0n) is 12.9. The molecule has 0 atom stereocenters. The lowest BCUT2D eigenvalue weighted by Crippen LogP contribution is -2.04. The molecule has 1 aromatic carbocycles. The first-order chi connectivity index (χ1) is 11.7. The van der Waals surface area contributed by atoms with Crippen molar-refractivity contribution in [2.45, 2.75) is 13.5 Å². The van der Waals surface area contributed by atoms with Crippen molar-refractivity contribution >= 4 is 16.9 Å². The Balaban J connectivity index is 1.56. The lowest BCUT2D eigenvalue weighted by molar-refractivity contribution is 0.614. The van der Waals surface area contributed by atoms with Gasteiger partial charge in [-0.3, -0.25) is 5.10 Å². The fourth-order valence-electron chi connectivity index (χ4n) is 2.58. The number of aryl methyl sites for hydroxylation is 1. The number of aromatic amines is 1. The number of benzene rings is 1. The third-order valence-electron chi connectivity index (χ3n) is 3.81. The number of nitrogens with one attached hydrogen (secondary N) is 2. The van der Waals surface area contributed by atoms with E-state index in [0.717, 1.165) is 16.8 Å². The van der Waals surface area contributed by atoms with Crippen LogP contribution in [0.2, 0.25) is 0 Å². The lowest BCUT2D eigenvalue weighted by Gasteiger charge is -2.10. The number of halogens is 1. The van der Waals surface area contributed by atoms with Gasteiger partial charge in [0.2, 0.25) is 0 Å². The van der Waals surface area contributed by atoms with Gasteiger partial charge in [-0.15, -0.1) is 0 Å². The summed E-state index contributed by atoms with van der Waals surface area (Å²) in [6.07, 6.45) is 6.50. The SMILES string of the molecule is Cc1nccn1-c1ccc(CNc2ncnc3[nH]ncc23)cc1F. The highest BCUT2D eigenvalue weighted by Gasteiger charge is 2.09. The van der Waals surface area contributed by atoms with E-state index in [1.165, 1.54) is 12.4 Å². The molecule has 0 fully saturated rings. The van der Waals surface area contributed by atoms with Crippen LogP contribution in [0, 0.1) is 12.7 Å². The minimum atomic E-state index is -0.299. The first-order valence-electron chi connectivity index (χ1n) is 7.39. The van der Waals surface area contributed by atoms with Crippen LogP contribution in [0.3, 0.4) is 0 Å². The molecule has 0 radical (unpaired) electrons. The van der Waals surface area contributed by atoms with Crippen LogP contribution in [0.15, 0.2) is 43.1 Å². The first-order valence-corrected chi connectivity index (χ1v) is 7.39. The summed E-state index contributed by atoms with van der Waals surface area (Å²) in [5.41, 5.74) is 1.95. The van der Waals surface area contributed by atoms with Gasteiger partial charge in [0.25, 0.3) is 0 Å². The van der Waals surface area contributed by atoms with Crippen molar-refractivity contribution in [1.29, 1.82) is 0 Å². The summed E-state index contributed by atoms with van der Waals surface area (Å²) < 4.78 is 16.1. The van der Waals surface area contributed by atoms with Gasteiger partial charge >= 0.3 is 0 Å². The molecule has 0 amide bonds. The van der Waals surface area contributed by atoms with E-state index in [2.05, 4.69) is 30.5 Å². The van der Waals surface area contributed by atoms with Crippen LogP contribution in [0.5, 0.6) is 0 Å². The van der Waals surface area contributed by atoms with Gasteiger partial charge < -0.3 is 9.88 Å². The summed E-state index contributed by atoms with van der Waals surface area (Å²) in [7, 11) is 0. The topological polar surface area (TPSA) is 84.3 Å². The first kappa shape index (κ1) is 14.3. The molecule has 24 heavy (non-hydrogen) atoms. The van der Waals surface area contributed by atoms with E-state index in [1.807, 2.05) is 13.0 Å². The van der Waals surface area contributed by atoms with Crippen LogP contribution in [0.1, 0.15) is 11.4 Å². The van der Waals surface area contributed by atoms with Crippen LogP contribution in [-0.4, -0.2) is 29.7 Å². The predicted molar refractivity (Wildman–Crippen MR) is 87.3 cm³/mol. The highest BCUT2D eigenvalue weighted by Crippen LogP contribution is 2.19. The molecule has 0 bridgehead atoms. The molecule has 2 N–H and O–H groups in total. The second-order valence-corrected chi connectivity index (χ2v) is 5.34. The third-order valence-corrected chi connectivity index (χ3v) is 3.81. The summed E-state index contributed by atoms with van der Waals surface area (Å²) >= 11 is 0. The number of imidazole rings is 1. The summed E-state index contributed by atoms with van der Waals surface area (Å²) in [6.45, 7) is 2.28. The number of hydrogen-bond donors (Lipinski definition) is 2. The maximum absolute atomic E-state index is 14.4. The second kappa shape index (κ2) is 5.73. The van der Waals surface area contributed by atoms with E-state index >= 15 is 0 Å². The monoisotopic (exact) mass is 323 g/mol. The molecule has 0 aliphatic carbocycles.